The van der Waals surface area contributed by atoms with Crippen LogP contribution in [0.1, 0.15) is 33.4 Å². The van der Waals surface area contributed by atoms with E-state index in [1.54, 1.807) is 12.2 Å². The Labute approximate surface area is 441 Å². The Morgan fingerprint density at radius 1 is 0.365 bits per heavy atom. The second kappa shape index (κ2) is 14.0. The quantitative estimate of drug-likeness (QED) is 0.180. The molecule has 0 saturated carbocycles. The van der Waals surface area contributed by atoms with Gasteiger partial charge in [0.15, 0.2) is 5.78 Å². The third-order valence-corrected chi connectivity index (χ3v) is 18.2. The molecule has 2 N–H and O–H groups in total. The number of halogens is 2. The summed E-state index contributed by atoms with van der Waals surface area (Å²) >= 11 is 7.68. The van der Waals surface area contributed by atoms with Gasteiger partial charge in [0.05, 0.1) is 22.2 Å². The molecule has 2 aliphatic heterocycles. The molecule has 74 heavy (non-hydrogen) atoms. The molecule has 2 atom stereocenters. The highest BCUT2D eigenvalue weighted by atomic mass is 79.9. The van der Waals surface area contributed by atoms with Crippen molar-refractivity contribution in [2.24, 2.45) is 0 Å². The first-order valence-corrected chi connectivity index (χ1v) is 26.4. The molecule has 5 aliphatic carbocycles. The molecule has 17 rings (SSSR count). The van der Waals surface area contributed by atoms with Gasteiger partial charge in [0.2, 0.25) is 0 Å². The van der Waals surface area contributed by atoms with Gasteiger partial charge >= 0.3 is 0 Å². The van der Waals surface area contributed by atoms with E-state index in [2.05, 4.69) is 224 Å². The number of ketones is 1. The van der Waals surface area contributed by atoms with E-state index in [4.69, 9.17) is 0 Å². The molecule has 0 radical (unpaired) electrons. The number of hydrogen-bond donors (Lipinski definition) is 2. The number of allylic oxidation sites excluding steroid dienone is 5. The lowest BCUT2D eigenvalue weighted by Gasteiger charge is -2.31. The van der Waals surface area contributed by atoms with Gasteiger partial charge in [-0.15, -0.1) is 0 Å². The van der Waals surface area contributed by atoms with Gasteiger partial charge in [-0.2, -0.15) is 0 Å². The summed E-state index contributed by atoms with van der Waals surface area (Å²) in [5.41, 5.74) is 20.5. The third kappa shape index (κ3) is 4.71. The number of carbonyl (C=O) groups excluding carboxylic acids is 1. The van der Waals surface area contributed by atoms with Crippen molar-refractivity contribution in [1.82, 2.24) is 0 Å². The number of benzene rings is 10. The van der Waals surface area contributed by atoms with Crippen LogP contribution in [0.3, 0.4) is 0 Å². The summed E-state index contributed by atoms with van der Waals surface area (Å²) in [5, 5.41) is 42.7. The first kappa shape index (κ1) is 41.0. The van der Waals surface area contributed by atoms with E-state index in [0.29, 0.717) is 11.4 Å². The van der Waals surface area contributed by atoms with Gasteiger partial charge in [0, 0.05) is 36.7 Å². The molecule has 7 aliphatic rings. The van der Waals surface area contributed by atoms with E-state index in [1.165, 1.54) is 22.3 Å². The van der Waals surface area contributed by atoms with Gasteiger partial charge in [-0.05, 0) is 165 Å². The van der Waals surface area contributed by atoms with Crippen LogP contribution in [0.4, 0.5) is 11.4 Å². The molecular formula is C67H34Br2N2O3-2. The first-order chi connectivity index (χ1) is 36.3. The molecule has 2 unspecified atom stereocenters. The molecule has 0 amide bonds. The normalized spacial score (nSPS) is 20.2. The molecule has 0 saturated heterocycles. The molecule has 0 aromatic heterocycles. The van der Waals surface area contributed by atoms with Gasteiger partial charge < -0.3 is 20.8 Å². The van der Waals surface area contributed by atoms with E-state index in [0.717, 1.165) is 120 Å². The van der Waals surface area contributed by atoms with Crippen LogP contribution in [0, 0.1) is 0 Å². The Morgan fingerprint density at radius 2 is 0.757 bits per heavy atom. The lowest BCUT2D eigenvalue weighted by molar-refractivity contribution is -0.308. The molecule has 2 spiro atoms. The summed E-state index contributed by atoms with van der Waals surface area (Å²) in [4.78, 5) is 15.0. The second-order valence-corrected chi connectivity index (χ2v) is 22.2. The van der Waals surface area contributed by atoms with E-state index < -0.39 is 28.1 Å². The van der Waals surface area contributed by atoms with Crippen molar-refractivity contribution >= 4 is 70.6 Å². The first-order valence-electron chi connectivity index (χ1n) is 24.8. The van der Waals surface area contributed by atoms with Gasteiger partial charge in [-0.3, -0.25) is 4.79 Å². The monoisotopic (exact) mass is 1070 g/mol. The van der Waals surface area contributed by atoms with Crippen LogP contribution in [0.5, 0.6) is 0 Å². The zero-order valence-corrected chi connectivity index (χ0v) is 42.1. The van der Waals surface area contributed by atoms with Crippen molar-refractivity contribution in [2.45, 2.75) is 10.8 Å². The molecule has 346 valence electrons. The SMILES string of the molecule is O=C1C([O-])=C(/C=C2\Nc3c(cc4c5c(cccc35)-c3ccccc3-4)C23c2ccccc2-c2ccc(Br)cc23)C([O-])=C1/C=C1\Nc2c(cc3c4c(cccc24)-c2ccccc2-3)C12c1ccccc1-c1ccc(Br)cc12. The minimum Gasteiger partial charge on any atom is -0.872 e. The zero-order valence-electron chi connectivity index (χ0n) is 39.0. The van der Waals surface area contributed by atoms with Crippen LogP contribution in [-0.4, -0.2) is 5.78 Å². The lowest BCUT2D eigenvalue weighted by atomic mass is 9.70. The maximum atomic E-state index is 15.6. The standard InChI is InChI=1S/C67H36Br2N2O3/c68-33-23-25-41-39-15-5-7-21-51(39)66(53(41)27-33)55-29-47-37-13-3-1-11-35(37)43-17-9-19-45(59(43)47)61(55)70-57(66)31-49-63(72)50(65(74)64(49)73)32-58-67(52-22-8-6-16-40(52)42-26-24-34(69)28-54(42)67)56-30-48-38-14-4-2-12-36(38)44-18-10-20-46(60(44)48)62(56)71-58/h1-32,70-72H,(H,73,74)/p-2/b57-31-,58-32-. The second-order valence-electron chi connectivity index (χ2n) is 20.4. The molecule has 7 heteroatoms. The zero-order chi connectivity index (χ0) is 49.1. The number of hydrogen-bond acceptors (Lipinski definition) is 5. The number of nitrogens with one attached hydrogen (secondary N) is 2. The Balaban J connectivity index is 0.912. The Morgan fingerprint density at radius 3 is 1.23 bits per heavy atom. The van der Waals surface area contributed by atoms with Gasteiger partial charge in [-0.25, -0.2) is 0 Å². The largest absolute Gasteiger partial charge is 0.872 e. The molecule has 2 heterocycles. The molecule has 10 aromatic rings. The predicted molar refractivity (Wildman–Crippen MR) is 298 cm³/mol. The number of fused-ring (bicyclic) bond motifs is 22. The topological polar surface area (TPSA) is 87.2 Å². The highest BCUT2D eigenvalue weighted by Crippen LogP contribution is 2.66. The van der Waals surface area contributed by atoms with Crippen LogP contribution in [0.15, 0.2) is 237 Å². The number of anilines is 2. The van der Waals surface area contributed by atoms with Crippen molar-refractivity contribution in [3.8, 4) is 66.8 Å². The molecule has 5 nitrogen and oxygen atoms in total. The minimum atomic E-state index is -0.980. The average molecular weight is 1070 g/mol. The summed E-state index contributed by atoms with van der Waals surface area (Å²) in [7, 11) is 0. The van der Waals surface area contributed by atoms with E-state index in [9.17, 15) is 9.90 Å². The Bertz CT molecular complexity index is 4580. The summed E-state index contributed by atoms with van der Waals surface area (Å²) in [6, 6.07) is 64.2. The summed E-state index contributed by atoms with van der Waals surface area (Å²) < 4.78 is 1.80. The van der Waals surface area contributed by atoms with Gasteiger partial charge in [0.25, 0.3) is 0 Å². The maximum Gasteiger partial charge on any atom is 0.178 e. The lowest BCUT2D eigenvalue weighted by Crippen LogP contribution is -2.28. The Hall–Kier alpha value is -8.49. The van der Waals surface area contributed by atoms with E-state index >= 15 is 5.11 Å². The van der Waals surface area contributed by atoms with Crippen LogP contribution in [0.25, 0.3) is 88.3 Å². The predicted octanol–water partition coefficient (Wildman–Crippen LogP) is 14.6. The maximum absolute atomic E-state index is 15.6. The van der Waals surface area contributed by atoms with Crippen LogP contribution in [-0.2, 0) is 15.6 Å². The molecular weight excluding hydrogens is 1040 g/mol. The van der Waals surface area contributed by atoms with E-state index in [-0.39, 0.29) is 11.1 Å². The fourth-order valence-corrected chi connectivity index (χ4v) is 15.2. The number of rotatable bonds is 2. The van der Waals surface area contributed by atoms with Gasteiger partial charge in [-0.1, -0.05) is 189 Å². The van der Waals surface area contributed by atoms with Crippen molar-refractivity contribution in [3.63, 3.8) is 0 Å². The molecule has 10 aromatic carbocycles. The highest BCUT2D eigenvalue weighted by molar-refractivity contribution is 9.10. The van der Waals surface area contributed by atoms with Crippen LogP contribution in [0.2, 0.25) is 0 Å². The third-order valence-electron chi connectivity index (χ3n) is 17.2. The molecule has 0 bridgehead atoms. The van der Waals surface area contributed by atoms with Crippen molar-refractivity contribution < 1.29 is 15.0 Å². The average Bonchev–Trinajstić information content (AvgIpc) is 4.36. The summed E-state index contributed by atoms with van der Waals surface area (Å²) in [6.45, 7) is 0. The highest BCUT2D eigenvalue weighted by Gasteiger charge is 2.55. The number of carbonyl (C=O) groups is 1. The number of Topliss-reactive ketones (excluding diaryl/α,β-unsaturated/α-hetero) is 1. The smallest absolute Gasteiger partial charge is 0.178 e. The van der Waals surface area contributed by atoms with Crippen molar-refractivity contribution in [1.29, 1.82) is 0 Å². The van der Waals surface area contributed by atoms with Crippen LogP contribution >= 0.6 is 31.9 Å². The van der Waals surface area contributed by atoms with E-state index in [1.807, 2.05) is 0 Å². The van der Waals surface area contributed by atoms with Crippen molar-refractivity contribution in [3.05, 3.63) is 271 Å². The molecule has 0 fully saturated rings. The van der Waals surface area contributed by atoms with Gasteiger partial charge in [0.1, 0.15) is 0 Å². The summed E-state index contributed by atoms with van der Waals surface area (Å²) in [5.74, 6) is -2.25. The minimum absolute atomic E-state index is 0.164. The summed E-state index contributed by atoms with van der Waals surface area (Å²) in [6.07, 6.45) is 3.40. The fraction of sp³-hybridized carbons (Fsp3) is 0.0299. The van der Waals surface area contributed by atoms with Crippen molar-refractivity contribution in [2.75, 3.05) is 10.6 Å². The fourth-order valence-electron chi connectivity index (χ4n) is 14.5. The van der Waals surface area contributed by atoms with Crippen LogP contribution < -0.4 is 20.8 Å². The Kier molecular flexibility index (Phi) is 7.74.